The van der Waals surface area contributed by atoms with Crippen molar-refractivity contribution in [3.8, 4) is 0 Å². The molecule has 2 aromatic carbocycles. The number of benzene rings is 2. The highest BCUT2D eigenvalue weighted by atomic mass is 35.5. The number of nitrogens with one attached hydrogen (secondary N) is 1. The minimum atomic E-state index is -0.183. The number of nitrogens with zero attached hydrogens (tertiary/aromatic N) is 3. The number of hydrogen-bond donors (Lipinski definition) is 1. The van der Waals surface area contributed by atoms with E-state index in [9.17, 15) is 4.79 Å². The summed E-state index contributed by atoms with van der Waals surface area (Å²) in [5.74, 6) is -0.183. The maximum atomic E-state index is 12.3. The summed E-state index contributed by atoms with van der Waals surface area (Å²) < 4.78 is 0. The lowest BCUT2D eigenvalue weighted by molar-refractivity contribution is 0.0948. The van der Waals surface area contributed by atoms with Crippen molar-refractivity contribution in [2.75, 3.05) is 44.2 Å². The van der Waals surface area contributed by atoms with Crippen LogP contribution in [0.4, 0.5) is 5.69 Å². The quantitative estimate of drug-likeness (QED) is 0.593. The molecule has 2 heterocycles. The normalized spacial score (nSPS) is 14.8. The number of rotatable bonds is 5. The van der Waals surface area contributed by atoms with Crippen molar-refractivity contribution in [1.29, 1.82) is 0 Å². The van der Waals surface area contributed by atoms with Gasteiger partial charge in [0.05, 0.1) is 16.1 Å². The molecule has 0 aliphatic carbocycles. The molecule has 0 unspecified atom stereocenters. The number of carbonyl (C=O) groups is 1. The lowest BCUT2D eigenvalue weighted by Gasteiger charge is -2.36. The van der Waals surface area contributed by atoms with E-state index in [2.05, 4.69) is 26.2 Å². The Kier molecular flexibility index (Phi) is 6.64. The van der Waals surface area contributed by atoms with Crippen molar-refractivity contribution < 1.29 is 4.79 Å². The lowest BCUT2D eigenvalue weighted by atomic mass is 10.1. The minimum Gasteiger partial charge on any atom is -0.368 e. The van der Waals surface area contributed by atoms with E-state index in [4.69, 9.17) is 34.8 Å². The third-order valence-corrected chi connectivity index (χ3v) is 6.07. The highest BCUT2D eigenvalue weighted by molar-refractivity contribution is 6.36. The molecule has 4 rings (SSSR count). The Bertz CT molecular complexity index is 1070. The highest BCUT2D eigenvalue weighted by Crippen LogP contribution is 2.28. The molecule has 0 saturated carbocycles. The van der Waals surface area contributed by atoms with Gasteiger partial charge in [-0.25, -0.2) is 0 Å². The van der Waals surface area contributed by atoms with Crippen molar-refractivity contribution in [3.05, 3.63) is 69.3 Å². The largest absolute Gasteiger partial charge is 0.368 e. The molecule has 1 amide bonds. The van der Waals surface area contributed by atoms with Crippen molar-refractivity contribution in [3.63, 3.8) is 0 Å². The molecule has 1 aromatic heterocycles. The van der Waals surface area contributed by atoms with Crippen LogP contribution in [0.25, 0.3) is 10.9 Å². The summed E-state index contributed by atoms with van der Waals surface area (Å²) in [6.45, 7) is 5.04. The SMILES string of the molecule is O=C(NCCN1CCN(c2ccnc3cc(Cl)ccc23)CC1)c1ccc(Cl)cc1Cl. The van der Waals surface area contributed by atoms with Gasteiger partial charge in [0.15, 0.2) is 0 Å². The number of anilines is 1. The van der Waals surface area contributed by atoms with Crippen LogP contribution in [0.5, 0.6) is 0 Å². The number of fused-ring (bicyclic) bond motifs is 1. The zero-order valence-corrected chi connectivity index (χ0v) is 18.5. The van der Waals surface area contributed by atoms with Crippen molar-refractivity contribution in [1.82, 2.24) is 15.2 Å². The molecule has 1 fully saturated rings. The van der Waals surface area contributed by atoms with Gasteiger partial charge in [-0.15, -0.1) is 0 Å². The summed E-state index contributed by atoms with van der Waals surface area (Å²) in [7, 11) is 0. The van der Waals surface area contributed by atoms with E-state index >= 15 is 0 Å². The summed E-state index contributed by atoms with van der Waals surface area (Å²) in [6.07, 6.45) is 1.83. The van der Waals surface area contributed by atoms with E-state index in [1.54, 1.807) is 18.2 Å². The molecule has 0 atom stereocenters. The molecule has 1 saturated heterocycles. The van der Waals surface area contributed by atoms with Crippen LogP contribution >= 0.6 is 34.8 Å². The molecule has 30 heavy (non-hydrogen) atoms. The average molecular weight is 464 g/mol. The van der Waals surface area contributed by atoms with E-state index in [1.165, 1.54) is 5.69 Å². The third-order valence-electron chi connectivity index (χ3n) is 5.28. The van der Waals surface area contributed by atoms with Crippen LogP contribution in [0.15, 0.2) is 48.7 Å². The Hall–Kier alpha value is -2.05. The standard InChI is InChI=1S/C22H21Cl3N4O/c23-15-1-3-17(19(25)13-15)22(30)27-7-8-28-9-11-29(12-10-28)21-5-6-26-20-14-16(24)2-4-18(20)21/h1-6,13-14H,7-12H2,(H,27,30). The summed E-state index contributed by atoms with van der Waals surface area (Å²) in [6, 6.07) is 12.8. The van der Waals surface area contributed by atoms with Crippen LogP contribution in [0, 0.1) is 0 Å². The fourth-order valence-corrected chi connectivity index (χ4v) is 4.35. The molecule has 0 bridgehead atoms. The van der Waals surface area contributed by atoms with Crippen LogP contribution in [0.2, 0.25) is 15.1 Å². The smallest absolute Gasteiger partial charge is 0.252 e. The lowest BCUT2D eigenvalue weighted by Crippen LogP contribution is -2.48. The number of aromatic nitrogens is 1. The number of carbonyl (C=O) groups excluding carboxylic acids is 1. The van der Waals surface area contributed by atoms with Crippen molar-refractivity contribution in [2.45, 2.75) is 0 Å². The predicted molar refractivity (Wildman–Crippen MR) is 124 cm³/mol. The molecule has 0 radical (unpaired) electrons. The zero-order valence-electron chi connectivity index (χ0n) is 16.2. The maximum Gasteiger partial charge on any atom is 0.252 e. The van der Waals surface area contributed by atoms with Gasteiger partial charge in [0.2, 0.25) is 0 Å². The van der Waals surface area contributed by atoms with Gasteiger partial charge in [-0.05, 0) is 42.5 Å². The first-order valence-corrected chi connectivity index (χ1v) is 10.9. The second kappa shape index (κ2) is 9.40. The first-order valence-electron chi connectivity index (χ1n) is 9.76. The number of halogens is 3. The number of pyridine rings is 1. The Labute approximate surface area is 190 Å². The van der Waals surface area contributed by atoms with Gasteiger partial charge in [-0.3, -0.25) is 14.7 Å². The van der Waals surface area contributed by atoms with E-state index < -0.39 is 0 Å². The fourth-order valence-electron chi connectivity index (χ4n) is 3.69. The molecule has 1 N–H and O–H groups in total. The average Bonchev–Trinajstić information content (AvgIpc) is 2.73. The fraction of sp³-hybridized carbons (Fsp3) is 0.273. The number of piperazine rings is 1. The molecule has 1 aliphatic heterocycles. The molecule has 0 spiro atoms. The maximum absolute atomic E-state index is 12.3. The summed E-state index contributed by atoms with van der Waals surface area (Å²) in [4.78, 5) is 21.5. The summed E-state index contributed by atoms with van der Waals surface area (Å²) in [5, 5.41) is 5.62. The van der Waals surface area contributed by atoms with Crippen molar-refractivity contribution >= 4 is 57.3 Å². The predicted octanol–water partition coefficient (Wildman–Crippen LogP) is 4.75. The Morgan fingerprint density at radius 2 is 1.70 bits per heavy atom. The second-order valence-corrected chi connectivity index (χ2v) is 8.48. The topological polar surface area (TPSA) is 48.5 Å². The Balaban J connectivity index is 1.30. The van der Waals surface area contributed by atoms with Crippen LogP contribution in [-0.2, 0) is 0 Å². The van der Waals surface area contributed by atoms with Gasteiger partial charge < -0.3 is 10.2 Å². The van der Waals surface area contributed by atoms with Gasteiger partial charge in [-0.1, -0.05) is 34.8 Å². The van der Waals surface area contributed by atoms with Gasteiger partial charge in [0.1, 0.15) is 0 Å². The molecule has 8 heteroatoms. The molecular weight excluding hydrogens is 443 g/mol. The Morgan fingerprint density at radius 1 is 0.967 bits per heavy atom. The van der Waals surface area contributed by atoms with Crippen LogP contribution in [0.1, 0.15) is 10.4 Å². The summed E-state index contributed by atoms with van der Waals surface area (Å²) in [5.41, 5.74) is 2.53. The van der Waals surface area contributed by atoms with Gasteiger partial charge in [0, 0.05) is 66.6 Å². The molecular formula is C22H21Cl3N4O. The van der Waals surface area contributed by atoms with Gasteiger partial charge >= 0.3 is 0 Å². The molecule has 1 aliphatic rings. The van der Waals surface area contributed by atoms with Crippen LogP contribution < -0.4 is 10.2 Å². The molecule has 5 nitrogen and oxygen atoms in total. The second-order valence-electron chi connectivity index (χ2n) is 7.20. The first-order chi connectivity index (χ1) is 14.5. The number of hydrogen-bond acceptors (Lipinski definition) is 4. The molecule has 3 aromatic rings. The van der Waals surface area contributed by atoms with Crippen LogP contribution in [0.3, 0.4) is 0 Å². The van der Waals surface area contributed by atoms with Gasteiger partial charge in [-0.2, -0.15) is 0 Å². The van der Waals surface area contributed by atoms with E-state index in [1.807, 2.05) is 24.4 Å². The summed E-state index contributed by atoms with van der Waals surface area (Å²) >= 11 is 18.1. The monoisotopic (exact) mass is 462 g/mol. The van der Waals surface area contributed by atoms with Gasteiger partial charge in [0.25, 0.3) is 5.91 Å². The van der Waals surface area contributed by atoms with E-state index in [0.717, 1.165) is 43.6 Å². The number of amides is 1. The zero-order chi connectivity index (χ0) is 21.1. The highest BCUT2D eigenvalue weighted by Gasteiger charge is 2.19. The van der Waals surface area contributed by atoms with Crippen molar-refractivity contribution in [2.24, 2.45) is 0 Å². The van der Waals surface area contributed by atoms with Crippen LogP contribution in [-0.4, -0.2) is 55.1 Å². The minimum absolute atomic E-state index is 0.183. The first kappa shape index (κ1) is 21.2. The Morgan fingerprint density at radius 3 is 2.47 bits per heavy atom. The third kappa shape index (κ3) is 4.81. The molecule has 156 valence electrons. The van der Waals surface area contributed by atoms with E-state index in [-0.39, 0.29) is 5.91 Å². The van der Waals surface area contributed by atoms with E-state index in [0.29, 0.717) is 27.2 Å².